The maximum absolute atomic E-state index is 12.4. The van der Waals surface area contributed by atoms with Crippen LogP contribution in [0.15, 0.2) is 24.7 Å². The molecule has 33 heavy (non-hydrogen) atoms. The third-order valence-corrected chi connectivity index (χ3v) is 6.87. The largest absolute Gasteiger partial charge is 0.393 e. The Morgan fingerprint density at radius 2 is 1.97 bits per heavy atom. The van der Waals surface area contributed by atoms with Crippen LogP contribution in [-0.4, -0.2) is 54.8 Å². The Morgan fingerprint density at radius 1 is 1.18 bits per heavy atom. The van der Waals surface area contributed by atoms with Gasteiger partial charge < -0.3 is 15.2 Å². The molecule has 2 N–H and O–H groups in total. The van der Waals surface area contributed by atoms with Gasteiger partial charge in [-0.1, -0.05) is 0 Å². The fraction of sp³-hybridized carbons (Fsp3) is 0.609. The van der Waals surface area contributed by atoms with Crippen molar-refractivity contribution in [2.45, 2.75) is 82.6 Å². The van der Waals surface area contributed by atoms with E-state index in [1.165, 1.54) is 19.3 Å². The zero-order chi connectivity index (χ0) is 22.9. The number of nitrogens with one attached hydrogen (secondary N) is 1. The molecule has 0 unspecified atom stereocenters. The molecule has 0 aliphatic heterocycles. The average Bonchev–Trinajstić information content (AvgIpc) is 3.36. The summed E-state index contributed by atoms with van der Waals surface area (Å²) in [5.41, 5.74) is 4.02. The summed E-state index contributed by atoms with van der Waals surface area (Å²) in [5.74, 6) is 0.635. The van der Waals surface area contributed by atoms with Gasteiger partial charge in [-0.25, -0.2) is 9.50 Å². The second-order valence-corrected chi connectivity index (χ2v) is 9.30. The lowest BCUT2D eigenvalue weighted by molar-refractivity contribution is -0.130. The number of fused-ring (bicyclic) bond motifs is 1. The molecule has 0 saturated heterocycles. The minimum atomic E-state index is -2.81. The summed E-state index contributed by atoms with van der Waals surface area (Å²) in [4.78, 5) is 4.45. The molecule has 2 aliphatic rings. The van der Waals surface area contributed by atoms with E-state index in [4.69, 9.17) is 5.10 Å². The van der Waals surface area contributed by atoms with Crippen molar-refractivity contribution < 1.29 is 18.6 Å². The Balaban J connectivity index is 1.47. The molecule has 2 saturated carbocycles. The molecule has 0 radical (unpaired) electrons. The molecular weight excluding hydrogens is 430 g/mol. The molecule has 3 heterocycles. The van der Waals surface area contributed by atoms with Gasteiger partial charge >= 0.3 is 6.61 Å². The standard InChI is InChI=1S/C23H30F2N6O2/c1-14(13-33-22(24)25)28-23-26-11-21-19(16-10-27-30(12-16)17-3-2-4-17)9-20(31(21)29-23)15-5-7-18(32)8-6-15/h9-12,14-15,17-18,22,32H,2-8,13H2,1H3,(H,28,29)/t14-,15?,18?/m0/s1. The highest BCUT2D eigenvalue weighted by Crippen LogP contribution is 2.38. The predicted octanol–water partition coefficient (Wildman–Crippen LogP) is 4.38. The molecule has 2 fully saturated rings. The first-order valence-electron chi connectivity index (χ1n) is 11.8. The maximum atomic E-state index is 12.4. The molecule has 0 spiro atoms. The fourth-order valence-corrected chi connectivity index (χ4v) is 4.78. The monoisotopic (exact) mass is 460 g/mol. The summed E-state index contributed by atoms with van der Waals surface area (Å²) >= 11 is 0. The first-order valence-corrected chi connectivity index (χ1v) is 11.8. The van der Waals surface area contributed by atoms with Crippen molar-refractivity contribution in [1.82, 2.24) is 24.4 Å². The first kappa shape index (κ1) is 22.2. The van der Waals surface area contributed by atoms with Gasteiger partial charge in [0.2, 0.25) is 5.95 Å². The zero-order valence-electron chi connectivity index (χ0n) is 18.7. The van der Waals surface area contributed by atoms with Crippen molar-refractivity contribution >= 4 is 11.5 Å². The second kappa shape index (κ2) is 9.34. The molecule has 2 aliphatic carbocycles. The molecule has 1 atom stereocenters. The third kappa shape index (κ3) is 4.72. The number of aromatic nitrogens is 5. The molecule has 0 aromatic carbocycles. The number of hydrogen-bond acceptors (Lipinski definition) is 6. The molecule has 10 heteroatoms. The average molecular weight is 461 g/mol. The van der Waals surface area contributed by atoms with Crippen LogP contribution in [-0.2, 0) is 4.74 Å². The van der Waals surface area contributed by atoms with Gasteiger partial charge in [-0.05, 0) is 57.9 Å². The Hall–Kier alpha value is -2.59. The predicted molar refractivity (Wildman–Crippen MR) is 119 cm³/mol. The van der Waals surface area contributed by atoms with Crippen molar-refractivity contribution in [2.75, 3.05) is 11.9 Å². The van der Waals surface area contributed by atoms with E-state index >= 15 is 0 Å². The Labute approximate surface area is 191 Å². The third-order valence-electron chi connectivity index (χ3n) is 6.87. The summed E-state index contributed by atoms with van der Waals surface area (Å²) < 4.78 is 33.1. The summed E-state index contributed by atoms with van der Waals surface area (Å²) in [7, 11) is 0. The van der Waals surface area contributed by atoms with Crippen molar-refractivity contribution in [2.24, 2.45) is 0 Å². The molecule has 0 amide bonds. The van der Waals surface area contributed by atoms with Crippen LogP contribution in [0.2, 0.25) is 0 Å². The summed E-state index contributed by atoms with van der Waals surface area (Å²) in [6.45, 7) is -1.21. The molecule has 178 valence electrons. The second-order valence-electron chi connectivity index (χ2n) is 9.30. The quantitative estimate of drug-likeness (QED) is 0.519. The zero-order valence-corrected chi connectivity index (χ0v) is 18.7. The minimum Gasteiger partial charge on any atom is -0.393 e. The van der Waals surface area contributed by atoms with Crippen LogP contribution < -0.4 is 5.32 Å². The van der Waals surface area contributed by atoms with Crippen LogP contribution in [0.3, 0.4) is 0 Å². The highest BCUT2D eigenvalue weighted by molar-refractivity contribution is 5.81. The van der Waals surface area contributed by atoms with Gasteiger partial charge in [0.05, 0.1) is 36.7 Å². The Kier molecular flexibility index (Phi) is 6.29. The number of aliphatic hydroxyl groups excluding tert-OH is 1. The topological polar surface area (TPSA) is 89.5 Å². The van der Waals surface area contributed by atoms with E-state index in [2.05, 4.69) is 37.1 Å². The van der Waals surface area contributed by atoms with E-state index in [9.17, 15) is 13.9 Å². The van der Waals surface area contributed by atoms with Crippen molar-refractivity contribution in [1.29, 1.82) is 0 Å². The van der Waals surface area contributed by atoms with Gasteiger partial charge in [-0.15, -0.1) is 5.10 Å². The van der Waals surface area contributed by atoms with E-state index in [0.717, 1.165) is 48.0 Å². The van der Waals surface area contributed by atoms with Crippen LogP contribution >= 0.6 is 0 Å². The fourth-order valence-electron chi connectivity index (χ4n) is 4.78. The van der Waals surface area contributed by atoms with Gasteiger partial charge in [0.15, 0.2) is 0 Å². The number of alkyl halides is 2. The number of ether oxygens (including phenoxy) is 1. The molecule has 8 nitrogen and oxygen atoms in total. The van der Waals surface area contributed by atoms with Crippen molar-refractivity contribution in [3.63, 3.8) is 0 Å². The maximum Gasteiger partial charge on any atom is 0.345 e. The summed E-state index contributed by atoms with van der Waals surface area (Å²) in [5, 5.41) is 22.3. The lowest BCUT2D eigenvalue weighted by atomic mass is 9.85. The Morgan fingerprint density at radius 3 is 2.67 bits per heavy atom. The number of halogens is 2. The van der Waals surface area contributed by atoms with Crippen LogP contribution in [0.1, 0.15) is 69.5 Å². The summed E-state index contributed by atoms with van der Waals surface area (Å²) in [6.07, 6.45) is 12.4. The highest BCUT2D eigenvalue weighted by Gasteiger charge is 2.27. The van der Waals surface area contributed by atoms with Crippen LogP contribution in [0.4, 0.5) is 14.7 Å². The number of aliphatic hydroxyl groups is 1. The van der Waals surface area contributed by atoms with Crippen LogP contribution in [0.5, 0.6) is 0 Å². The molecule has 0 bridgehead atoms. The van der Waals surface area contributed by atoms with Gasteiger partial charge in [-0.2, -0.15) is 13.9 Å². The lowest BCUT2D eigenvalue weighted by Crippen LogP contribution is -2.25. The number of anilines is 1. The number of rotatable bonds is 8. The molecule has 3 aromatic heterocycles. The van der Waals surface area contributed by atoms with Crippen LogP contribution in [0.25, 0.3) is 16.6 Å². The highest BCUT2D eigenvalue weighted by atomic mass is 19.3. The van der Waals surface area contributed by atoms with Gasteiger partial charge in [0, 0.05) is 35.0 Å². The lowest BCUT2D eigenvalue weighted by Gasteiger charge is -2.25. The Bertz CT molecular complexity index is 1090. The molecule has 5 rings (SSSR count). The molecule has 3 aromatic rings. The van der Waals surface area contributed by atoms with E-state index in [-0.39, 0.29) is 24.7 Å². The van der Waals surface area contributed by atoms with Gasteiger partial charge in [-0.3, -0.25) is 4.68 Å². The van der Waals surface area contributed by atoms with Crippen LogP contribution in [0, 0.1) is 0 Å². The van der Waals surface area contributed by atoms with Crippen molar-refractivity contribution in [3.05, 3.63) is 30.4 Å². The van der Waals surface area contributed by atoms with Crippen molar-refractivity contribution in [3.8, 4) is 11.1 Å². The van der Waals surface area contributed by atoms with E-state index < -0.39 is 6.61 Å². The SMILES string of the molecule is C[C@@H](COC(F)F)Nc1ncc2c(-c3cnn(C4CCC4)c3)cc(C3CCC(O)CC3)n2n1. The smallest absolute Gasteiger partial charge is 0.345 e. The van der Waals surface area contributed by atoms with Gasteiger partial charge in [0.25, 0.3) is 0 Å². The minimum absolute atomic E-state index is 0.149. The van der Waals surface area contributed by atoms with E-state index in [1.807, 2.05) is 10.7 Å². The summed E-state index contributed by atoms with van der Waals surface area (Å²) in [6, 6.07) is 2.28. The van der Waals surface area contributed by atoms with E-state index in [0.29, 0.717) is 12.0 Å². The van der Waals surface area contributed by atoms with E-state index in [1.54, 1.807) is 13.1 Å². The normalized spacial score (nSPS) is 22.6. The number of hydrogen-bond donors (Lipinski definition) is 2. The number of nitrogens with zero attached hydrogens (tertiary/aromatic N) is 5. The molecular formula is C23H30F2N6O2. The first-order chi connectivity index (χ1) is 16.0. The van der Waals surface area contributed by atoms with Gasteiger partial charge in [0.1, 0.15) is 0 Å².